The minimum atomic E-state index is 0.0487. The van der Waals surface area contributed by atoms with Crippen LogP contribution in [0.25, 0.3) is 10.2 Å². The van der Waals surface area contributed by atoms with Gasteiger partial charge in [0.15, 0.2) is 0 Å². The van der Waals surface area contributed by atoms with Gasteiger partial charge in [0.2, 0.25) is 0 Å². The number of piperidine rings is 1. The Morgan fingerprint density at radius 2 is 1.96 bits per heavy atom. The molecule has 0 spiro atoms. The van der Waals surface area contributed by atoms with Gasteiger partial charge < -0.3 is 9.64 Å². The summed E-state index contributed by atoms with van der Waals surface area (Å²) in [6, 6.07) is 9.22. The van der Waals surface area contributed by atoms with Gasteiger partial charge in [-0.15, -0.1) is 0 Å². The van der Waals surface area contributed by atoms with Gasteiger partial charge >= 0.3 is 0 Å². The van der Waals surface area contributed by atoms with E-state index in [9.17, 15) is 4.79 Å². The standard InChI is InChI=1S/C18H16ClN3O2S/c19-14-2-1-3-15-16(14)21-18(25-15)24-13-6-10-22(11-7-13)17(23)12-4-8-20-9-5-12/h1-5,8-9,13H,6-7,10-11H2. The van der Waals surface area contributed by atoms with Crippen molar-refractivity contribution in [2.75, 3.05) is 13.1 Å². The zero-order valence-electron chi connectivity index (χ0n) is 13.4. The second-order valence-corrected chi connectivity index (χ2v) is 7.31. The first kappa shape index (κ1) is 16.3. The Morgan fingerprint density at radius 1 is 1.20 bits per heavy atom. The maximum atomic E-state index is 12.5. The molecule has 3 heterocycles. The van der Waals surface area contributed by atoms with Crippen LogP contribution in [0.4, 0.5) is 0 Å². The third-order valence-corrected chi connectivity index (χ3v) is 5.49. The van der Waals surface area contributed by atoms with E-state index in [0.29, 0.717) is 28.9 Å². The molecule has 128 valence electrons. The lowest BCUT2D eigenvalue weighted by Crippen LogP contribution is -2.41. The van der Waals surface area contributed by atoms with Gasteiger partial charge in [-0.05, 0) is 24.3 Å². The Kier molecular flexibility index (Phi) is 4.55. The van der Waals surface area contributed by atoms with E-state index in [0.717, 1.165) is 23.1 Å². The number of thiazole rings is 1. The van der Waals surface area contributed by atoms with Crippen LogP contribution in [-0.2, 0) is 0 Å². The first-order valence-electron chi connectivity index (χ1n) is 8.12. The van der Waals surface area contributed by atoms with Crippen LogP contribution < -0.4 is 4.74 Å². The van der Waals surface area contributed by atoms with Gasteiger partial charge in [0.05, 0.1) is 9.72 Å². The first-order chi connectivity index (χ1) is 12.2. The number of carbonyl (C=O) groups is 1. The summed E-state index contributed by atoms with van der Waals surface area (Å²) in [6.45, 7) is 1.36. The number of hydrogen-bond acceptors (Lipinski definition) is 5. The maximum Gasteiger partial charge on any atom is 0.274 e. The molecule has 0 unspecified atom stereocenters. The molecule has 0 N–H and O–H groups in total. The highest BCUT2D eigenvalue weighted by atomic mass is 35.5. The average molecular weight is 374 g/mol. The second-order valence-electron chi connectivity index (χ2n) is 5.91. The van der Waals surface area contributed by atoms with Crippen LogP contribution in [0.2, 0.25) is 5.02 Å². The Hall–Kier alpha value is -2.18. The van der Waals surface area contributed by atoms with E-state index in [1.165, 1.54) is 11.3 Å². The molecule has 2 aromatic heterocycles. The summed E-state index contributed by atoms with van der Waals surface area (Å²) in [7, 11) is 0. The molecule has 7 heteroatoms. The second kappa shape index (κ2) is 6.98. The molecular weight excluding hydrogens is 358 g/mol. The van der Waals surface area contributed by atoms with Gasteiger partial charge in [-0.25, -0.2) is 4.98 Å². The van der Waals surface area contributed by atoms with E-state index in [-0.39, 0.29) is 12.0 Å². The van der Waals surface area contributed by atoms with Gasteiger partial charge in [0, 0.05) is 43.9 Å². The largest absolute Gasteiger partial charge is 0.467 e. The summed E-state index contributed by atoms with van der Waals surface area (Å²) < 4.78 is 7.05. The number of likely N-dealkylation sites (tertiary alicyclic amines) is 1. The molecule has 1 aliphatic rings. The molecule has 1 aliphatic heterocycles. The highest BCUT2D eigenvalue weighted by Crippen LogP contribution is 2.33. The summed E-state index contributed by atoms with van der Waals surface area (Å²) in [4.78, 5) is 22.8. The minimum absolute atomic E-state index is 0.0487. The number of fused-ring (bicyclic) bond motifs is 1. The number of pyridine rings is 1. The number of halogens is 1. The molecule has 3 aromatic rings. The first-order valence-corrected chi connectivity index (χ1v) is 9.31. The predicted octanol–water partition coefficient (Wildman–Crippen LogP) is 4.03. The van der Waals surface area contributed by atoms with Crippen molar-refractivity contribution in [1.82, 2.24) is 14.9 Å². The van der Waals surface area contributed by atoms with E-state index in [4.69, 9.17) is 16.3 Å². The number of amides is 1. The zero-order chi connectivity index (χ0) is 17.2. The lowest BCUT2D eigenvalue weighted by molar-refractivity contribution is 0.0595. The summed E-state index contributed by atoms with van der Waals surface area (Å²) >= 11 is 7.67. The van der Waals surface area contributed by atoms with Crippen molar-refractivity contribution in [3.63, 3.8) is 0 Å². The lowest BCUT2D eigenvalue weighted by atomic mass is 10.1. The fraction of sp³-hybridized carbons (Fsp3) is 0.278. The van der Waals surface area contributed by atoms with Gasteiger partial charge in [0.1, 0.15) is 11.6 Å². The third-order valence-electron chi connectivity index (χ3n) is 4.27. The molecular formula is C18H16ClN3O2S. The van der Waals surface area contributed by atoms with Crippen molar-refractivity contribution in [2.24, 2.45) is 0 Å². The van der Waals surface area contributed by atoms with Gasteiger partial charge in [-0.2, -0.15) is 0 Å². The van der Waals surface area contributed by atoms with Crippen LogP contribution in [0.3, 0.4) is 0 Å². The molecule has 1 amide bonds. The molecule has 0 bridgehead atoms. The smallest absolute Gasteiger partial charge is 0.274 e. The maximum absolute atomic E-state index is 12.5. The van der Waals surface area contributed by atoms with E-state index in [1.54, 1.807) is 24.5 Å². The van der Waals surface area contributed by atoms with E-state index < -0.39 is 0 Å². The molecule has 4 rings (SSSR count). The van der Waals surface area contributed by atoms with Crippen molar-refractivity contribution >= 4 is 39.1 Å². The summed E-state index contributed by atoms with van der Waals surface area (Å²) in [5.74, 6) is 0.0487. The molecule has 25 heavy (non-hydrogen) atoms. The van der Waals surface area contributed by atoms with Crippen molar-refractivity contribution in [3.8, 4) is 5.19 Å². The number of nitrogens with zero attached hydrogens (tertiary/aromatic N) is 3. The van der Waals surface area contributed by atoms with E-state index in [2.05, 4.69) is 9.97 Å². The lowest BCUT2D eigenvalue weighted by Gasteiger charge is -2.31. The fourth-order valence-electron chi connectivity index (χ4n) is 2.94. The average Bonchev–Trinajstić information content (AvgIpc) is 3.06. The van der Waals surface area contributed by atoms with Crippen molar-refractivity contribution in [2.45, 2.75) is 18.9 Å². The van der Waals surface area contributed by atoms with E-state index >= 15 is 0 Å². The number of aromatic nitrogens is 2. The highest BCUT2D eigenvalue weighted by molar-refractivity contribution is 7.20. The van der Waals surface area contributed by atoms with Crippen molar-refractivity contribution in [3.05, 3.63) is 53.3 Å². The van der Waals surface area contributed by atoms with Crippen molar-refractivity contribution < 1.29 is 9.53 Å². The fourth-order valence-corrected chi connectivity index (χ4v) is 4.12. The topological polar surface area (TPSA) is 55.3 Å². The number of rotatable bonds is 3. The Labute approximate surface area is 154 Å². The summed E-state index contributed by atoms with van der Waals surface area (Å²) in [5.41, 5.74) is 1.46. The zero-order valence-corrected chi connectivity index (χ0v) is 15.0. The molecule has 5 nitrogen and oxygen atoms in total. The predicted molar refractivity (Wildman–Crippen MR) is 98.4 cm³/mol. The summed E-state index contributed by atoms with van der Waals surface area (Å²) in [5, 5.41) is 1.28. The summed E-state index contributed by atoms with van der Waals surface area (Å²) in [6.07, 6.45) is 4.93. The van der Waals surface area contributed by atoms with Crippen LogP contribution in [0, 0.1) is 0 Å². The van der Waals surface area contributed by atoms with Gasteiger partial charge in [0.25, 0.3) is 11.1 Å². The molecule has 0 atom stereocenters. The molecule has 1 fully saturated rings. The molecule has 0 saturated carbocycles. The van der Waals surface area contributed by atoms with Crippen LogP contribution in [0.15, 0.2) is 42.7 Å². The number of para-hydroxylation sites is 1. The normalized spacial score (nSPS) is 15.5. The van der Waals surface area contributed by atoms with Crippen LogP contribution in [-0.4, -0.2) is 40.0 Å². The van der Waals surface area contributed by atoms with Gasteiger partial charge in [-0.1, -0.05) is 29.0 Å². The Balaban J connectivity index is 1.38. The quantitative estimate of drug-likeness (QED) is 0.695. The molecule has 1 aromatic carbocycles. The highest BCUT2D eigenvalue weighted by Gasteiger charge is 2.25. The Morgan fingerprint density at radius 3 is 2.68 bits per heavy atom. The van der Waals surface area contributed by atoms with E-state index in [1.807, 2.05) is 23.1 Å². The van der Waals surface area contributed by atoms with Crippen LogP contribution >= 0.6 is 22.9 Å². The van der Waals surface area contributed by atoms with Crippen molar-refractivity contribution in [1.29, 1.82) is 0 Å². The monoisotopic (exact) mass is 373 g/mol. The minimum Gasteiger partial charge on any atom is -0.467 e. The number of hydrogen-bond donors (Lipinski definition) is 0. The third kappa shape index (κ3) is 3.45. The molecule has 1 saturated heterocycles. The van der Waals surface area contributed by atoms with Crippen LogP contribution in [0.5, 0.6) is 5.19 Å². The molecule has 0 aliphatic carbocycles. The SMILES string of the molecule is O=C(c1ccncc1)N1CCC(Oc2nc3c(Cl)cccc3s2)CC1. The Bertz CT molecular complexity index is 892. The number of carbonyl (C=O) groups excluding carboxylic acids is 1. The number of ether oxygens (including phenoxy) is 1. The van der Waals surface area contributed by atoms with Gasteiger partial charge in [-0.3, -0.25) is 9.78 Å². The molecule has 0 radical (unpaired) electrons. The number of benzene rings is 1. The van der Waals surface area contributed by atoms with Crippen LogP contribution in [0.1, 0.15) is 23.2 Å².